The van der Waals surface area contributed by atoms with Gasteiger partial charge in [0.05, 0.1) is 14.2 Å². The molecule has 0 atom stereocenters. The molecule has 0 radical (unpaired) electrons. The number of rotatable bonds is 8. The summed E-state index contributed by atoms with van der Waals surface area (Å²) in [7, 11) is 3.09. The highest BCUT2D eigenvalue weighted by Crippen LogP contribution is 2.39. The Hall–Kier alpha value is -2.99. The maximum atomic E-state index is 12.6. The highest BCUT2D eigenvalue weighted by Gasteiger charge is 2.18. The molecule has 0 bridgehead atoms. The van der Waals surface area contributed by atoms with Gasteiger partial charge in [0, 0.05) is 18.7 Å². The summed E-state index contributed by atoms with van der Waals surface area (Å²) in [5.74, 6) is 1.22. The van der Waals surface area contributed by atoms with Gasteiger partial charge in [-0.15, -0.1) is 0 Å². The average Bonchev–Trinajstić information content (AvgIpc) is 2.76. The van der Waals surface area contributed by atoms with Crippen LogP contribution in [0.15, 0.2) is 54.1 Å². The molecule has 1 aliphatic heterocycles. The maximum absolute atomic E-state index is 12.6. The second-order valence-corrected chi connectivity index (χ2v) is 6.48. The number of carbonyl (C=O) groups is 1. The monoisotopic (exact) mass is 382 g/mol. The van der Waals surface area contributed by atoms with E-state index in [1.165, 1.54) is 5.57 Å². The summed E-state index contributed by atoms with van der Waals surface area (Å²) >= 11 is 0. The lowest BCUT2D eigenvalue weighted by atomic mass is 10.1. The van der Waals surface area contributed by atoms with Crippen LogP contribution in [-0.2, 0) is 6.61 Å². The minimum atomic E-state index is -0.175. The summed E-state index contributed by atoms with van der Waals surface area (Å²) in [4.78, 5) is 12.6. The van der Waals surface area contributed by atoms with Gasteiger partial charge in [0.1, 0.15) is 6.61 Å². The van der Waals surface area contributed by atoms with Crippen molar-refractivity contribution in [1.82, 2.24) is 10.6 Å². The van der Waals surface area contributed by atoms with Crippen molar-refractivity contribution in [2.75, 3.05) is 33.9 Å². The number of hydrogen-bond donors (Lipinski definition) is 2. The van der Waals surface area contributed by atoms with Crippen molar-refractivity contribution in [1.29, 1.82) is 0 Å². The lowest BCUT2D eigenvalue weighted by molar-refractivity contribution is 0.0955. The molecule has 0 spiro atoms. The standard InChI is InChI=1S/C22H26N2O4/c1-26-19-12-18(22(25)24-14-16-8-10-23-11-9-16)13-20(27-2)21(19)28-15-17-6-4-3-5-7-17/h3-8,12-13,23H,9-11,14-15H2,1-2H3,(H,24,25). The molecule has 148 valence electrons. The summed E-state index contributed by atoms with van der Waals surface area (Å²) in [6.45, 7) is 2.70. The lowest BCUT2D eigenvalue weighted by Gasteiger charge is -2.17. The fourth-order valence-electron chi connectivity index (χ4n) is 3.01. The Bertz CT molecular complexity index is 809. The van der Waals surface area contributed by atoms with Gasteiger partial charge in [0.2, 0.25) is 5.75 Å². The zero-order valence-corrected chi connectivity index (χ0v) is 16.3. The molecule has 1 heterocycles. The van der Waals surface area contributed by atoms with Crippen molar-refractivity contribution < 1.29 is 19.0 Å². The van der Waals surface area contributed by atoms with Crippen LogP contribution in [0.3, 0.4) is 0 Å². The molecule has 28 heavy (non-hydrogen) atoms. The number of ether oxygens (including phenoxy) is 3. The Morgan fingerprint density at radius 3 is 2.43 bits per heavy atom. The van der Waals surface area contributed by atoms with Crippen LogP contribution in [0.25, 0.3) is 0 Å². The Kier molecular flexibility index (Phi) is 6.92. The van der Waals surface area contributed by atoms with Crippen LogP contribution in [0.4, 0.5) is 0 Å². The first-order valence-corrected chi connectivity index (χ1v) is 9.31. The van der Waals surface area contributed by atoms with Gasteiger partial charge >= 0.3 is 0 Å². The number of methoxy groups -OCH3 is 2. The highest BCUT2D eigenvalue weighted by molar-refractivity contribution is 5.95. The molecule has 6 nitrogen and oxygen atoms in total. The first-order chi connectivity index (χ1) is 13.7. The third kappa shape index (κ3) is 5.04. The van der Waals surface area contributed by atoms with Crippen molar-refractivity contribution >= 4 is 5.91 Å². The minimum Gasteiger partial charge on any atom is -0.493 e. The summed E-state index contributed by atoms with van der Waals surface area (Å²) in [6, 6.07) is 13.2. The van der Waals surface area contributed by atoms with Crippen LogP contribution in [-0.4, -0.2) is 39.8 Å². The summed E-state index contributed by atoms with van der Waals surface area (Å²) < 4.78 is 16.8. The molecule has 0 unspecified atom stereocenters. The third-order valence-corrected chi connectivity index (χ3v) is 4.58. The molecule has 3 rings (SSSR count). The van der Waals surface area contributed by atoms with E-state index in [4.69, 9.17) is 14.2 Å². The molecule has 1 amide bonds. The molecule has 0 saturated heterocycles. The number of carbonyl (C=O) groups excluding carboxylic acids is 1. The van der Waals surface area contributed by atoms with Crippen LogP contribution in [0.2, 0.25) is 0 Å². The van der Waals surface area contributed by atoms with Gasteiger partial charge in [-0.25, -0.2) is 0 Å². The van der Waals surface area contributed by atoms with E-state index in [2.05, 4.69) is 16.7 Å². The smallest absolute Gasteiger partial charge is 0.251 e. The predicted octanol–water partition coefficient (Wildman–Crippen LogP) is 2.93. The van der Waals surface area contributed by atoms with Gasteiger partial charge in [-0.05, 0) is 30.7 Å². The zero-order valence-electron chi connectivity index (χ0n) is 16.3. The third-order valence-electron chi connectivity index (χ3n) is 4.58. The van der Waals surface area contributed by atoms with E-state index in [-0.39, 0.29) is 5.91 Å². The van der Waals surface area contributed by atoms with E-state index < -0.39 is 0 Å². The highest BCUT2D eigenvalue weighted by atomic mass is 16.5. The normalized spacial score (nSPS) is 13.4. The Labute approximate surface area is 165 Å². The fourth-order valence-corrected chi connectivity index (χ4v) is 3.01. The van der Waals surface area contributed by atoms with E-state index in [0.717, 1.165) is 25.1 Å². The SMILES string of the molecule is COc1cc(C(=O)NCC2=CCNCC2)cc(OC)c1OCc1ccccc1. The van der Waals surface area contributed by atoms with Gasteiger partial charge in [-0.1, -0.05) is 42.0 Å². The zero-order chi connectivity index (χ0) is 19.8. The van der Waals surface area contributed by atoms with E-state index in [1.807, 2.05) is 30.3 Å². The molecule has 0 fully saturated rings. The van der Waals surface area contributed by atoms with E-state index in [9.17, 15) is 4.79 Å². The van der Waals surface area contributed by atoms with Crippen molar-refractivity contribution in [2.45, 2.75) is 13.0 Å². The topological polar surface area (TPSA) is 68.8 Å². The Morgan fingerprint density at radius 1 is 1.11 bits per heavy atom. The van der Waals surface area contributed by atoms with E-state index in [1.54, 1.807) is 26.4 Å². The van der Waals surface area contributed by atoms with E-state index in [0.29, 0.717) is 36.0 Å². The first-order valence-electron chi connectivity index (χ1n) is 9.31. The van der Waals surface area contributed by atoms with Gasteiger partial charge in [-0.3, -0.25) is 4.79 Å². The van der Waals surface area contributed by atoms with Crippen molar-refractivity contribution in [3.8, 4) is 17.2 Å². The Morgan fingerprint density at radius 2 is 1.82 bits per heavy atom. The summed E-state index contributed by atoms with van der Waals surface area (Å²) in [5, 5.41) is 6.22. The second kappa shape index (κ2) is 9.80. The number of benzene rings is 2. The predicted molar refractivity (Wildman–Crippen MR) is 108 cm³/mol. The molecule has 2 N–H and O–H groups in total. The summed E-state index contributed by atoms with van der Waals surface area (Å²) in [6.07, 6.45) is 3.06. The number of nitrogens with one attached hydrogen (secondary N) is 2. The number of amides is 1. The van der Waals surface area contributed by atoms with Crippen LogP contribution in [0, 0.1) is 0 Å². The molecule has 0 aromatic heterocycles. The minimum absolute atomic E-state index is 0.175. The lowest BCUT2D eigenvalue weighted by Crippen LogP contribution is -2.29. The van der Waals surface area contributed by atoms with Crippen molar-refractivity contribution in [2.24, 2.45) is 0 Å². The molecule has 2 aromatic carbocycles. The van der Waals surface area contributed by atoms with E-state index >= 15 is 0 Å². The van der Waals surface area contributed by atoms with Gasteiger partial charge < -0.3 is 24.8 Å². The largest absolute Gasteiger partial charge is 0.493 e. The molecular weight excluding hydrogens is 356 g/mol. The fraction of sp³-hybridized carbons (Fsp3) is 0.318. The average molecular weight is 382 g/mol. The van der Waals surface area contributed by atoms with Gasteiger partial charge in [0.15, 0.2) is 11.5 Å². The van der Waals surface area contributed by atoms with Crippen LogP contribution >= 0.6 is 0 Å². The first kappa shape index (κ1) is 19.8. The quantitative estimate of drug-likeness (QED) is 0.687. The number of hydrogen-bond acceptors (Lipinski definition) is 5. The summed E-state index contributed by atoms with van der Waals surface area (Å²) in [5.41, 5.74) is 2.73. The second-order valence-electron chi connectivity index (χ2n) is 6.48. The van der Waals surface area contributed by atoms with Gasteiger partial charge in [0.25, 0.3) is 5.91 Å². The molecule has 1 aliphatic rings. The van der Waals surface area contributed by atoms with Crippen molar-refractivity contribution in [3.05, 3.63) is 65.2 Å². The van der Waals surface area contributed by atoms with Crippen LogP contribution in [0.5, 0.6) is 17.2 Å². The molecular formula is C22H26N2O4. The maximum Gasteiger partial charge on any atom is 0.251 e. The van der Waals surface area contributed by atoms with Crippen LogP contribution in [0.1, 0.15) is 22.3 Å². The molecule has 0 aliphatic carbocycles. The van der Waals surface area contributed by atoms with Gasteiger partial charge in [-0.2, -0.15) is 0 Å². The molecule has 6 heteroatoms. The Balaban J connectivity index is 1.73. The van der Waals surface area contributed by atoms with Crippen molar-refractivity contribution in [3.63, 3.8) is 0 Å². The van der Waals surface area contributed by atoms with Crippen LogP contribution < -0.4 is 24.8 Å². The molecule has 0 saturated carbocycles. The molecule has 2 aromatic rings.